The van der Waals surface area contributed by atoms with Gasteiger partial charge in [0.1, 0.15) is 16.7 Å². The van der Waals surface area contributed by atoms with Crippen molar-refractivity contribution in [3.8, 4) is 11.6 Å². The smallest absolute Gasteiger partial charge is 0.244 e. The summed E-state index contributed by atoms with van der Waals surface area (Å²) in [5.74, 6) is 1.10. The summed E-state index contributed by atoms with van der Waals surface area (Å²) < 4.78 is 38.1. The number of sulfonamides is 1. The van der Waals surface area contributed by atoms with Crippen LogP contribution in [0.4, 0.5) is 0 Å². The molecule has 0 spiro atoms. The van der Waals surface area contributed by atoms with Crippen molar-refractivity contribution < 1.29 is 17.9 Å². The maximum atomic E-state index is 12.7. The molecular formula is C17H21N3O4S. The van der Waals surface area contributed by atoms with Crippen molar-refractivity contribution in [2.75, 3.05) is 19.7 Å². The largest absolute Gasteiger partial charge is 0.487 e. The number of hydrogen-bond acceptors (Lipinski definition) is 6. The molecule has 7 nitrogen and oxygen atoms in total. The van der Waals surface area contributed by atoms with Crippen LogP contribution in [0.3, 0.4) is 0 Å². The highest BCUT2D eigenvalue weighted by atomic mass is 32.2. The van der Waals surface area contributed by atoms with Crippen LogP contribution in [-0.2, 0) is 10.0 Å². The Labute approximate surface area is 147 Å². The molecule has 2 aromatic heterocycles. The minimum absolute atomic E-state index is 0.161. The number of rotatable bonds is 6. The summed E-state index contributed by atoms with van der Waals surface area (Å²) in [4.78, 5) is 8.38. The van der Waals surface area contributed by atoms with Gasteiger partial charge in [0.05, 0.1) is 25.0 Å². The van der Waals surface area contributed by atoms with E-state index in [0.29, 0.717) is 37.7 Å². The van der Waals surface area contributed by atoms with Gasteiger partial charge in [0, 0.05) is 18.8 Å². The number of aromatic nitrogens is 2. The Hall–Kier alpha value is -2.19. The van der Waals surface area contributed by atoms with Gasteiger partial charge in [0.2, 0.25) is 15.9 Å². The lowest BCUT2D eigenvalue weighted by Crippen LogP contribution is -2.31. The van der Waals surface area contributed by atoms with Crippen LogP contribution < -0.4 is 9.47 Å². The van der Waals surface area contributed by atoms with E-state index in [1.807, 2.05) is 19.9 Å². The molecule has 134 valence electrons. The van der Waals surface area contributed by atoms with Crippen molar-refractivity contribution in [3.05, 3.63) is 42.4 Å². The molecule has 0 bridgehead atoms. The van der Waals surface area contributed by atoms with Crippen LogP contribution in [0, 0.1) is 6.92 Å². The summed E-state index contributed by atoms with van der Waals surface area (Å²) in [5.41, 5.74) is 0.791. The van der Waals surface area contributed by atoms with E-state index in [-0.39, 0.29) is 11.0 Å². The van der Waals surface area contributed by atoms with E-state index >= 15 is 0 Å². The first-order valence-corrected chi connectivity index (χ1v) is 9.62. The molecule has 1 fully saturated rings. The van der Waals surface area contributed by atoms with Gasteiger partial charge in [-0.2, -0.15) is 4.31 Å². The van der Waals surface area contributed by atoms with Crippen molar-refractivity contribution in [2.45, 2.75) is 31.3 Å². The van der Waals surface area contributed by atoms with Gasteiger partial charge in [-0.15, -0.1) is 0 Å². The van der Waals surface area contributed by atoms with Crippen molar-refractivity contribution in [1.29, 1.82) is 0 Å². The predicted molar refractivity (Wildman–Crippen MR) is 92.2 cm³/mol. The second-order valence-corrected chi connectivity index (χ2v) is 7.68. The van der Waals surface area contributed by atoms with E-state index in [0.717, 1.165) is 5.69 Å². The van der Waals surface area contributed by atoms with Gasteiger partial charge in [-0.25, -0.2) is 13.4 Å². The Morgan fingerprint density at radius 1 is 1.28 bits per heavy atom. The molecule has 3 heterocycles. The third-order valence-corrected chi connectivity index (χ3v) is 5.85. The van der Waals surface area contributed by atoms with Crippen LogP contribution in [0.15, 0.2) is 41.6 Å². The van der Waals surface area contributed by atoms with Crippen molar-refractivity contribution >= 4 is 10.0 Å². The lowest BCUT2D eigenvalue weighted by atomic mass is 10.3. The van der Waals surface area contributed by atoms with Gasteiger partial charge >= 0.3 is 0 Å². The molecule has 0 unspecified atom stereocenters. The van der Waals surface area contributed by atoms with Crippen molar-refractivity contribution in [1.82, 2.24) is 14.3 Å². The topological polar surface area (TPSA) is 81.6 Å². The predicted octanol–water partition coefficient (Wildman–Crippen LogP) is 2.03. The maximum absolute atomic E-state index is 12.7. The fourth-order valence-electron chi connectivity index (χ4n) is 2.69. The second-order valence-electron chi connectivity index (χ2n) is 5.74. The van der Waals surface area contributed by atoms with E-state index in [9.17, 15) is 8.42 Å². The van der Waals surface area contributed by atoms with E-state index in [1.165, 1.54) is 16.6 Å². The first-order chi connectivity index (χ1) is 12.0. The molecule has 8 heteroatoms. The summed E-state index contributed by atoms with van der Waals surface area (Å²) in [5, 5.41) is 0. The Kier molecular flexibility index (Phi) is 5.19. The minimum Gasteiger partial charge on any atom is -0.487 e. The average molecular weight is 363 g/mol. The molecule has 0 aliphatic carbocycles. The van der Waals surface area contributed by atoms with Gasteiger partial charge < -0.3 is 9.47 Å². The lowest BCUT2D eigenvalue weighted by molar-refractivity contribution is 0.213. The number of aryl methyl sites for hydroxylation is 1. The van der Waals surface area contributed by atoms with Crippen LogP contribution in [0.2, 0.25) is 0 Å². The summed E-state index contributed by atoms with van der Waals surface area (Å²) >= 11 is 0. The van der Waals surface area contributed by atoms with Gasteiger partial charge in [-0.1, -0.05) is 0 Å². The molecule has 0 aromatic carbocycles. The van der Waals surface area contributed by atoms with Crippen molar-refractivity contribution in [3.63, 3.8) is 0 Å². The molecule has 1 aliphatic heterocycles. The quantitative estimate of drug-likeness (QED) is 0.781. The zero-order valence-corrected chi connectivity index (χ0v) is 15.1. The molecule has 0 saturated carbocycles. The third-order valence-electron chi connectivity index (χ3n) is 4.00. The SMILES string of the molecule is CCOc1ccc(S(=O)(=O)N2CC[C@@H](Oc3cccnc3C)C2)cn1. The summed E-state index contributed by atoms with van der Waals surface area (Å²) in [6.07, 6.45) is 3.48. The van der Waals surface area contributed by atoms with Gasteiger partial charge in [0.25, 0.3) is 0 Å². The molecule has 3 rings (SSSR count). The molecule has 0 N–H and O–H groups in total. The first kappa shape index (κ1) is 17.6. The van der Waals surface area contributed by atoms with Gasteiger partial charge in [0.15, 0.2) is 0 Å². The van der Waals surface area contributed by atoms with Crippen LogP contribution in [0.5, 0.6) is 11.6 Å². The lowest BCUT2D eigenvalue weighted by Gasteiger charge is -2.17. The summed E-state index contributed by atoms with van der Waals surface area (Å²) in [6.45, 7) is 4.92. The van der Waals surface area contributed by atoms with Gasteiger partial charge in [-0.05, 0) is 38.5 Å². The monoisotopic (exact) mass is 363 g/mol. The highest BCUT2D eigenvalue weighted by Crippen LogP contribution is 2.25. The summed E-state index contributed by atoms with van der Waals surface area (Å²) in [7, 11) is -3.59. The number of hydrogen-bond donors (Lipinski definition) is 0. The molecule has 1 aliphatic rings. The number of nitrogens with zero attached hydrogens (tertiary/aromatic N) is 3. The van der Waals surface area contributed by atoms with Crippen LogP contribution in [0.25, 0.3) is 0 Å². The molecule has 2 aromatic rings. The Bertz CT molecular complexity index is 824. The second kappa shape index (κ2) is 7.37. The van der Waals surface area contributed by atoms with Crippen LogP contribution >= 0.6 is 0 Å². The first-order valence-electron chi connectivity index (χ1n) is 8.18. The normalized spacial score (nSPS) is 18.2. The standard InChI is InChI=1S/C17H21N3O4S/c1-3-23-17-7-6-15(11-19-17)25(21,22)20-10-8-14(12-20)24-16-5-4-9-18-13(16)2/h4-7,9,11,14H,3,8,10,12H2,1-2H3/t14-/m1/s1. The van der Waals surface area contributed by atoms with Crippen molar-refractivity contribution in [2.24, 2.45) is 0 Å². The average Bonchev–Trinajstić information content (AvgIpc) is 3.07. The number of ether oxygens (including phenoxy) is 2. The van der Waals surface area contributed by atoms with Crippen LogP contribution in [0.1, 0.15) is 19.0 Å². The van der Waals surface area contributed by atoms with E-state index in [2.05, 4.69) is 9.97 Å². The molecular weight excluding hydrogens is 342 g/mol. The zero-order chi connectivity index (χ0) is 17.9. The fraction of sp³-hybridized carbons (Fsp3) is 0.412. The fourth-order valence-corrected chi connectivity index (χ4v) is 4.12. The molecule has 0 radical (unpaired) electrons. The molecule has 25 heavy (non-hydrogen) atoms. The molecule has 1 atom stereocenters. The zero-order valence-electron chi connectivity index (χ0n) is 14.3. The van der Waals surface area contributed by atoms with Crippen LogP contribution in [-0.4, -0.2) is 48.5 Å². The Morgan fingerprint density at radius 2 is 2.12 bits per heavy atom. The van der Waals surface area contributed by atoms with E-state index in [1.54, 1.807) is 18.3 Å². The maximum Gasteiger partial charge on any atom is 0.244 e. The number of pyridine rings is 2. The Morgan fingerprint density at radius 3 is 2.80 bits per heavy atom. The third kappa shape index (κ3) is 3.91. The summed E-state index contributed by atoms with van der Waals surface area (Å²) in [6, 6.07) is 6.74. The highest BCUT2D eigenvalue weighted by molar-refractivity contribution is 7.89. The molecule has 0 amide bonds. The van der Waals surface area contributed by atoms with E-state index < -0.39 is 10.0 Å². The van der Waals surface area contributed by atoms with Gasteiger partial charge in [-0.3, -0.25) is 4.98 Å². The van der Waals surface area contributed by atoms with E-state index in [4.69, 9.17) is 9.47 Å². The Balaban J connectivity index is 1.69. The molecule has 1 saturated heterocycles. The minimum atomic E-state index is -3.59. The highest BCUT2D eigenvalue weighted by Gasteiger charge is 2.34.